The number of amides is 2. The first-order chi connectivity index (χ1) is 18.4. The van der Waals surface area contributed by atoms with E-state index in [1.165, 1.54) is 17.0 Å². The fraction of sp³-hybridized carbons (Fsp3) is 0.355. The molecule has 8 heteroatoms. The average molecular weight is 550 g/mol. The Morgan fingerprint density at radius 1 is 0.872 bits per heavy atom. The third-order valence-corrected chi connectivity index (χ3v) is 8.66. The number of carbonyl (C=O) groups is 2. The highest BCUT2D eigenvalue weighted by molar-refractivity contribution is 7.92. The van der Waals surface area contributed by atoms with Crippen LogP contribution in [0.15, 0.2) is 77.7 Å². The molecule has 0 bridgehead atoms. The Hall–Kier alpha value is -3.65. The van der Waals surface area contributed by atoms with E-state index in [2.05, 4.69) is 5.32 Å². The number of anilines is 1. The van der Waals surface area contributed by atoms with Crippen molar-refractivity contribution in [1.82, 2.24) is 10.2 Å². The van der Waals surface area contributed by atoms with E-state index in [1.54, 1.807) is 37.3 Å². The topological polar surface area (TPSA) is 86.8 Å². The van der Waals surface area contributed by atoms with Crippen LogP contribution in [0.4, 0.5) is 5.69 Å². The van der Waals surface area contributed by atoms with Crippen molar-refractivity contribution < 1.29 is 18.0 Å². The van der Waals surface area contributed by atoms with Gasteiger partial charge in [0.05, 0.1) is 10.6 Å². The Labute approximate surface area is 232 Å². The predicted molar refractivity (Wildman–Crippen MR) is 156 cm³/mol. The van der Waals surface area contributed by atoms with Gasteiger partial charge in [0.1, 0.15) is 12.6 Å². The number of nitrogens with zero attached hydrogens (tertiary/aromatic N) is 2. The van der Waals surface area contributed by atoms with Crippen molar-refractivity contribution in [2.75, 3.05) is 10.8 Å². The van der Waals surface area contributed by atoms with Gasteiger partial charge in [0, 0.05) is 12.6 Å². The number of nitrogens with one attached hydrogen (secondary N) is 1. The molecule has 1 N–H and O–H groups in total. The van der Waals surface area contributed by atoms with Crippen LogP contribution in [0.3, 0.4) is 0 Å². The van der Waals surface area contributed by atoms with Gasteiger partial charge >= 0.3 is 0 Å². The highest BCUT2D eigenvalue weighted by Crippen LogP contribution is 2.27. The molecule has 208 valence electrons. The molecule has 0 saturated heterocycles. The maximum Gasteiger partial charge on any atom is 0.264 e. The first-order valence-corrected chi connectivity index (χ1v) is 14.7. The van der Waals surface area contributed by atoms with E-state index in [0.717, 1.165) is 33.0 Å². The Balaban J connectivity index is 2.06. The van der Waals surface area contributed by atoms with Gasteiger partial charge in [0.15, 0.2) is 0 Å². The molecule has 0 radical (unpaired) electrons. The summed E-state index contributed by atoms with van der Waals surface area (Å²) < 4.78 is 28.9. The molecule has 3 rings (SSSR count). The van der Waals surface area contributed by atoms with Crippen LogP contribution in [0.25, 0.3) is 0 Å². The number of carbonyl (C=O) groups excluding carboxylic acids is 2. The minimum absolute atomic E-state index is 0.0550. The van der Waals surface area contributed by atoms with Gasteiger partial charge in [-0.3, -0.25) is 13.9 Å². The zero-order valence-corrected chi connectivity index (χ0v) is 24.5. The zero-order valence-electron chi connectivity index (χ0n) is 23.6. The molecule has 2 amide bonds. The minimum atomic E-state index is -4.08. The van der Waals surface area contributed by atoms with Gasteiger partial charge in [0.25, 0.3) is 10.0 Å². The van der Waals surface area contributed by atoms with Crippen LogP contribution in [0, 0.1) is 20.8 Å². The van der Waals surface area contributed by atoms with Crippen molar-refractivity contribution in [3.63, 3.8) is 0 Å². The van der Waals surface area contributed by atoms with Crippen molar-refractivity contribution >= 4 is 27.5 Å². The van der Waals surface area contributed by atoms with Gasteiger partial charge in [-0.2, -0.15) is 0 Å². The third-order valence-electron chi connectivity index (χ3n) is 6.87. The highest BCUT2D eigenvalue weighted by Gasteiger charge is 2.33. The molecule has 0 heterocycles. The summed E-state index contributed by atoms with van der Waals surface area (Å²) in [4.78, 5) is 28.7. The summed E-state index contributed by atoms with van der Waals surface area (Å²) in [6.07, 6.45) is 0.750. The highest BCUT2D eigenvalue weighted by atomic mass is 32.2. The number of hydrogen-bond acceptors (Lipinski definition) is 4. The Kier molecular flexibility index (Phi) is 9.92. The maximum atomic E-state index is 14.0. The first kappa shape index (κ1) is 29.9. The van der Waals surface area contributed by atoms with Gasteiger partial charge in [-0.25, -0.2) is 8.42 Å². The molecular weight excluding hydrogens is 510 g/mol. The molecule has 0 fully saturated rings. The summed E-state index contributed by atoms with van der Waals surface area (Å²) in [5, 5.41) is 2.96. The summed E-state index contributed by atoms with van der Waals surface area (Å²) in [6.45, 7) is 11.0. The first-order valence-electron chi connectivity index (χ1n) is 13.2. The van der Waals surface area contributed by atoms with Crippen LogP contribution in [0.2, 0.25) is 0 Å². The molecule has 7 nitrogen and oxygen atoms in total. The number of hydrogen-bond donors (Lipinski definition) is 1. The summed E-state index contributed by atoms with van der Waals surface area (Å²) in [6, 6.07) is 20.3. The fourth-order valence-electron chi connectivity index (χ4n) is 4.36. The minimum Gasteiger partial charge on any atom is -0.352 e. The number of aryl methyl sites for hydroxylation is 3. The molecule has 2 atom stereocenters. The smallest absolute Gasteiger partial charge is 0.264 e. The van der Waals surface area contributed by atoms with E-state index in [9.17, 15) is 18.0 Å². The van der Waals surface area contributed by atoms with Gasteiger partial charge in [-0.1, -0.05) is 55.5 Å². The van der Waals surface area contributed by atoms with Crippen molar-refractivity contribution in [1.29, 1.82) is 0 Å². The van der Waals surface area contributed by atoms with Gasteiger partial charge < -0.3 is 10.2 Å². The summed E-state index contributed by atoms with van der Waals surface area (Å²) >= 11 is 0. The second-order valence-corrected chi connectivity index (χ2v) is 12.0. The fourth-order valence-corrected chi connectivity index (χ4v) is 5.78. The van der Waals surface area contributed by atoms with E-state index >= 15 is 0 Å². The lowest BCUT2D eigenvalue weighted by molar-refractivity contribution is -0.139. The summed E-state index contributed by atoms with van der Waals surface area (Å²) in [7, 11) is -4.08. The lowest BCUT2D eigenvalue weighted by Crippen LogP contribution is -2.52. The maximum absolute atomic E-state index is 14.0. The largest absolute Gasteiger partial charge is 0.352 e. The van der Waals surface area contributed by atoms with Crippen molar-refractivity contribution in [2.45, 2.75) is 71.5 Å². The van der Waals surface area contributed by atoms with E-state index in [1.807, 2.05) is 65.0 Å². The molecule has 3 aromatic carbocycles. The molecule has 0 spiro atoms. The number of benzene rings is 3. The van der Waals surface area contributed by atoms with Gasteiger partial charge in [-0.15, -0.1) is 0 Å². The van der Waals surface area contributed by atoms with Gasteiger partial charge in [-0.05, 0) is 87.6 Å². The second-order valence-electron chi connectivity index (χ2n) is 10.1. The Morgan fingerprint density at radius 2 is 1.46 bits per heavy atom. The van der Waals surface area contributed by atoms with Crippen LogP contribution < -0.4 is 9.62 Å². The molecule has 3 aromatic rings. The molecular formula is C31H39N3O4S. The quantitative estimate of drug-likeness (QED) is 0.359. The average Bonchev–Trinajstić information content (AvgIpc) is 2.90. The van der Waals surface area contributed by atoms with Crippen molar-refractivity contribution in [3.05, 3.63) is 95.1 Å². The molecule has 39 heavy (non-hydrogen) atoms. The molecule has 0 unspecified atom stereocenters. The SMILES string of the molecule is CC[C@@H](C)NC(=O)[C@H](C)N(Cc1ccccc1C)C(=O)CN(c1cc(C)cc(C)c1)S(=O)(=O)c1ccccc1. The molecule has 0 saturated carbocycles. The van der Waals surface area contributed by atoms with Crippen LogP contribution >= 0.6 is 0 Å². The third kappa shape index (κ3) is 7.47. The Bertz CT molecular complexity index is 1390. The molecule has 0 aromatic heterocycles. The standard InChI is InChI=1S/C31H39N3O4S/c1-7-25(5)32-31(36)26(6)33(20-27-14-12-11-13-24(27)4)30(35)21-34(28-18-22(2)17-23(3)19-28)39(37,38)29-15-9-8-10-16-29/h8-19,25-26H,7,20-21H2,1-6H3,(H,32,36)/t25-,26+/m1/s1. The van der Waals surface area contributed by atoms with Gasteiger partial charge in [0.2, 0.25) is 11.8 Å². The van der Waals surface area contributed by atoms with Crippen LogP contribution in [0.1, 0.15) is 49.4 Å². The predicted octanol–water partition coefficient (Wildman–Crippen LogP) is 5.14. The normalized spacial score (nSPS) is 12.9. The Morgan fingerprint density at radius 3 is 2.05 bits per heavy atom. The molecule has 0 aliphatic carbocycles. The summed E-state index contributed by atoms with van der Waals surface area (Å²) in [5.74, 6) is -0.751. The number of rotatable bonds is 11. The monoisotopic (exact) mass is 549 g/mol. The van der Waals surface area contributed by atoms with E-state index in [-0.39, 0.29) is 23.4 Å². The number of sulfonamides is 1. The summed E-state index contributed by atoms with van der Waals surface area (Å²) in [5.41, 5.74) is 4.02. The zero-order chi connectivity index (χ0) is 28.7. The lowest BCUT2D eigenvalue weighted by atomic mass is 10.1. The van der Waals surface area contributed by atoms with Crippen LogP contribution in [-0.4, -0.2) is 43.8 Å². The van der Waals surface area contributed by atoms with E-state index < -0.39 is 28.5 Å². The van der Waals surface area contributed by atoms with Crippen LogP contribution in [0.5, 0.6) is 0 Å². The van der Waals surface area contributed by atoms with Crippen molar-refractivity contribution in [2.24, 2.45) is 0 Å². The molecule has 0 aliphatic rings. The van der Waals surface area contributed by atoms with Crippen LogP contribution in [-0.2, 0) is 26.2 Å². The second kappa shape index (κ2) is 12.9. The van der Waals surface area contributed by atoms with E-state index in [0.29, 0.717) is 5.69 Å². The van der Waals surface area contributed by atoms with Crippen molar-refractivity contribution in [3.8, 4) is 0 Å². The van der Waals surface area contributed by atoms with E-state index in [4.69, 9.17) is 0 Å². The molecule has 0 aliphatic heterocycles. The lowest BCUT2D eigenvalue weighted by Gasteiger charge is -2.33.